The third kappa shape index (κ3) is 6.86. The molecular weight excluding hydrogens is 362 g/mol. The SMILES string of the molecule is CCN(CCOc1ccc(Cl)cc1CN(C)C)Cc1ccc(C(N)=O)cc1. The monoisotopic (exact) mass is 389 g/mol. The van der Waals surface area contributed by atoms with Gasteiger partial charge in [-0.3, -0.25) is 9.69 Å². The van der Waals surface area contributed by atoms with E-state index in [0.29, 0.717) is 17.2 Å². The van der Waals surface area contributed by atoms with Gasteiger partial charge in [0.25, 0.3) is 0 Å². The van der Waals surface area contributed by atoms with Crippen LogP contribution in [0.15, 0.2) is 42.5 Å². The van der Waals surface area contributed by atoms with E-state index in [0.717, 1.165) is 43.1 Å². The van der Waals surface area contributed by atoms with Gasteiger partial charge in [-0.1, -0.05) is 30.7 Å². The van der Waals surface area contributed by atoms with Crippen molar-refractivity contribution in [1.82, 2.24) is 9.80 Å². The van der Waals surface area contributed by atoms with Crippen molar-refractivity contribution in [2.45, 2.75) is 20.0 Å². The van der Waals surface area contributed by atoms with Crippen LogP contribution in [0, 0.1) is 0 Å². The van der Waals surface area contributed by atoms with Crippen molar-refractivity contribution in [1.29, 1.82) is 0 Å². The summed E-state index contributed by atoms with van der Waals surface area (Å²) in [6.45, 7) is 6.00. The van der Waals surface area contributed by atoms with E-state index in [1.54, 1.807) is 12.1 Å². The summed E-state index contributed by atoms with van der Waals surface area (Å²) >= 11 is 6.12. The lowest BCUT2D eigenvalue weighted by atomic mass is 10.1. The van der Waals surface area contributed by atoms with Crippen molar-refractivity contribution in [3.63, 3.8) is 0 Å². The second-order valence-electron chi connectivity index (χ2n) is 6.77. The first-order valence-electron chi connectivity index (χ1n) is 9.06. The lowest BCUT2D eigenvalue weighted by molar-refractivity contribution is 0.100. The highest BCUT2D eigenvalue weighted by Crippen LogP contribution is 2.24. The average Bonchev–Trinajstić information content (AvgIpc) is 2.62. The molecule has 0 aromatic heterocycles. The van der Waals surface area contributed by atoms with Gasteiger partial charge in [-0.15, -0.1) is 0 Å². The summed E-state index contributed by atoms with van der Waals surface area (Å²) in [6.07, 6.45) is 0. The van der Waals surface area contributed by atoms with Crippen LogP contribution < -0.4 is 10.5 Å². The van der Waals surface area contributed by atoms with Gasteiger partial charge >= 0.3 is 0 Å². The van der Waals surface area contributed by atoms with Crippen LogP contribution >= 0.6 is 11.6 Å². The Morgan fingerprint density at radius 2 is 1.81 bits per heavy atom. The molecule has 2 rings (SSSR count). The number of amides is 1. The second kappa shape index (κ2) is 10.3. The molecule has 0 atom stereocenters. The number of halogens is 1. The first kappa shape index (κ1) is 21.2. The molecule has 0 saturated heterocycles. The molecule has 0 fully saturated rings. The van der Waals surface area contributed by atoms with Gasteiger partial charge in [0.1, 0.15) is 12.4 Å². The van der Waals surface area contributed by atoms with Crippen molar-refractivity contribution in [3.8, 4) is 5.75 Å². The minimum Gasteiger partial charge on any atom is -0.492 e. The maximum atomic E-state index is 11.2. The quantitative estimate of drug-likeness (QED) is 0.676. The van der Waals surface area contributed by atoms with Crippen LogP contribution in [0.1, 0.15) is 28.4 Å². The predicted octanol–water partition coefficient (Wildman–Crippen LogP) is 3.40. The number of rotatable bonds is 10. The smallest absolute Gasteiger partial charge is 0.248 e. The van der Waals surface area contributed by atoms with E-state index in [9.17, 15) is 4.79 Å². The molecule has 1 amide bonds. The zero-order chi connectivity index (χ0) is 19.8. The van der Waals surface area contributed by atoms with Crippen molar-refractivity contribution in [2.75, 3.05) is 33.8 Å². The summed E-state index contributed by atoms with van der Waals surface area (Å²) in [5.41, 5.74) is 8.04. The lowest BCUT2D eigenvalue weighted by Crippen LogP contribution is -2.28. The van der Waals surface area contributed by atoms with Crippen LogP contribution in [-0.2, 0) is 13.1 Å². The van der Waals surface area contributed by atoms with E-state index in [1.807, 2.05) is 44.4 Å². The van der Waals surface area contributed by atoms with Crippen LogP contribution in [0.25, 0.3) is 0 Å². The molecule has 6 heteroatoms. The molecule has 2 N–H and O–H groups in total. The molecule has 0 unspecified atom stereocenters. The summed E-state index contributed by atoms with van der Waals surface area (Å²) in [5.74, 6) is 0.466. The number of nitrogens with two attached hydrogens (primary N) is 1. The number of hydrogen-bond donors (Lipinski definition) is 1. The standard InChI is InChI=1S/C21H28ClN3O2/c1-4-25(14-16-5-7-17(8-6-16)21(23)26)11-12-27-20-10-9-19(22)13-18(20)15-24(2)3/h5-10,13H,4,11-12,14-15H2,1-3H3,(H2,23,26). The summed E-state index contributed by atoms with van der Waals surface area (Å²) < 4.78 is 6.03. The van der Waals surface area contributed by atoms with Crippen LogP contribution in [0.4, 0.5) is 0 Å². The number of carbonyl (C=O) groups excluding carboxylic acids is 1. The molecule has 0 heterocycles. The summed E-state index contributed by atoms with van der Waals surface area (Å²) in [4.78, 5) is 15.5. The lowest BCUT2D eigenvalue weighted by Gasteiger charge is -2.22. The van der Waals surface area contributed by atoms with E-state index in [2.05, 4.69) is 16.7 Å². The van der Waals surface area contributed by atoms with Crippen LogP contribution in [-0.4, -0.2) is 49.5 Å². The van der Waals surface area contributed by atoms with Crippen molar-refractivity contribution >= 4 is 17.5 Å². The Morgan fingerprint density at radius 1 is 1.11 bits per heavy atom. The second-order valence-corrected chi connectivity index (χ2v) is 7.20. The van der Waals surface area contributed by atoms with Gasteiger partial charge in [-0.05, 0) is 56.5 Å². The van der Waals surface area contributed by atoms with Gasteiger partial charge in [-0.2, -0.15) is 0 Å². The van der Waals surface area contributed by atoms with E-state index in [-0.39, 0.29) is 0 Å². The van der Waals surface area contributed by atoms with Gasteiger partial charge in [0.15, 0.2) is 0 Å². The molecule has 5 nitrogen and oxygen atoms in total. The zero-order valence-corrected chi connectivity index (χ0v) is 17.0. The van der Waals surface area contributed by atoms with Crippen molar-refractivity contribution in [2.24, 2.45) is 5.73 Å². The minimum absolute atomic E-state index is 0.404. The first-order chi connectivity index (χ1) is 12.9. The minimum atomic E-state index is -0.404. The summed E-state index contributed by atoms with van der Waals surface area (Å²) in [7, 11) is 4.04. The van der Waals surface area contributed by atoms with Gasteiger partial charge in [0, 0.05) is 35.8 Å². The maximum absolute atomic E-state index is 11.2. The Labute approximate surface area is 166 Å². The van der Waals surface area contributed by atoms with E-state index < -0.39 is 5.91 Å². The number of ether oxygens (including phenoxy) is 1. The van der Waals surface area contributed by atoms with E-state index in [1.165, 1.54) is 0 Å². The number of carbonyl (C=O) groups is 1. The normalized spacial score (nSPS) is 11.2. The Hall–Kier alpha value is -2.08. The third-order valence-corrected chi connectivity index (χ3v) is 4.50. The fourth-order valence-electron chi connectivity index (χ4n) is 2.82. The first-order valence-corrected chi connectivity index (χ1v) is 9.44. The van der Waals surface area contributed by atoms with E-state index >= 15 is 0 Å². The molecule has 0 saturated carbocycles. The highest BCUT2D eigenvalue weighted by atomic mass is 35.5. The third-order valence-electron chi connectivity index (χ3n) is 4.27. The molecule has 27 heavy (non-hydrogen) atoms. The Balaban J connectivity index is 1.91. The molecule has 0 radical (unpaired) electrons. The highest BCUT2D eigenvalue weighted by Gasteiger charge is 2.09. The molecule has 0 spiro atoms. The number of primary amides is 1. The Kier molecular flexibility index (Phi) is 8.10. The molecule has 0 bridgehead atoms. The molecule has 2 aromatic carbocycles. The van der Waals surface area contributed by atoms with Crippen LogP contribution in [0.5, 0.6) is 5.75 Å². The van der Waals surface area contributed by atoms with Crippen molar-refractivity contribution in [3.05, 3.63) is 64.2 Å². The largest absolute Gasteiger partial charge is 0.492 e. The average molecular weight is 390 g/mol. The van der Waals surface area contributed by atoms with Crippen molar-refractivity contribution < 1.29 is 9.53 Å². The van der Waals surface area contributed by atoms with Gasteiger partial charge in [-0.25, -0.2) is 0 Å². The summed E-state index contributed by atoms with van der Waals surface area (Å²) in [6, 6.07) is 13.2. The van der Waals surface area contributed by atoms with Crippen LogP contribution in [0.2, 0.25) is 5.02 Å². The van der Waals surface area contributed by atoms with Crippen LogP contribution in [0.3, 0.4) is 0 Å². The Bertz CT molecular complexity index is 748. The molecule has 2 aromatic rings. The fourth-order valence-corrected chi connectivity index (χ4v) is 3.01. The number of hydrogen-bond acceptors (Lipinski definition) is 4. The number of nitrogens with zero attached hydrogens (tertiary/aromatic N) is 2. The molecular formula is C21H28ClN3O2. The maximum Gasteiger partial charge on any atom is 0.248 e. The number of benzene rings is 2. The summed E-state index contributed by atoms with van der Waals surface area (Å²) in [5, 5.41) is 0.716. The fraction of sp³-hybridized carbons (Fsp3) is 0.381. The number of likely N-dealkylation sites (N-methyl/N-ethyl adjacent to an activating group) is 1. The van der Waals surface area contributed by atoms with Gasteiger partial charge < -0.3 is 15.4 Å². The predicted molar refractivity (Wildman–Crippen MR) is 110 cm³/mol. The van der Waals surface area contributed by atoms with Gasteiger partial charge in [0.05, 0.1) is 0 Å². The highest BCUT2D eigenvalue weighted by molar-refractivity contribution is 6.30. The Morgan fingerprint density at radius 3 is 2.41 bits per heavy atom. The zero-order valence-electron chi connectivity index (χ0n) is 16.2. The molecule has 146 valence electrons. The molecule has 0 aliphatic carbocycles. The molecule has 0 aliphatic rings. The van der Waals surface area contributed by atoms with Gasteiger partial charge in [0.2, 0.25) is 5.91 Å². The topological polar surface area (TPSA) is 58.8 Å². The van der Waals surface area contributed by atoms with E-state index in [4.69, 9.17) is 22.1 Å². The molecule has 0 aliphatic heterocycles.